The van der Waals surface area contributed by atoms with Gasteiger partial charge in [0.15, 0.2) is 5.78 Å². The maximum atomic E-state index is 11.4. The molecule has 17 heavy (non-hydrogen) atoms. The Morgan fingerprint density at radius 3 is 2.94 bits per heavy atom. The lowest BCUT2D eigenvalue weighted by Gasteiger charge is -2.02. The number of carbonyl (C=O) groups excluding carboxylic acids is 1. The molecule has 4 nitrogen and oxygen atoms in total. The molecule has 0 aliphatic rings. The fourth-order valence-electron chi connectivity index (χ4n) is 1.33. The van der Waals surface area contributed by atoms with Gasteiger partial charge in [-0.15, -0.1) is 22.9 Å². The van der Waals surface area contributed by atoms with Crippen LogP contribution in [0.1, 0.15) is 30.4 Å². The lowest BCUT2D eigenvalue weighted by atomic mass is 10.3. The Labute approximate surface area is 108 Å². The van der Waals surface area contributed by atoms with Gasteiger partial charge in [0.1, 0.15) is 10.7 Å². The lowest BCUT2D eigenvalue weighted by molar-refractivity contribution is 0.101. The van der Waals surface area contributed by atoms with Crippen LogP contribution in [0, 0.1) is 0 Å². The maximum absolute atomic E-state index is 11.4. The summed E-state index contributed by atoms with van der Waals surface area (Å²) in [6.45, 7) is 4.11. The predicted octanol–water partition coefficient (Wildman–Crippen LogP) is 3.01. The molecule has 6 heteroatoms. The topological polar surface area (TPSA) is 47.8 Å². The Bertz CT molecular complexity index is 532. The van der Waals surface area contributed by atoms with E-state index < -0.39 is 0 Å². The molecule has 0 fully saturated rings. The molecule has 2 rings (SSSR count). The van der Waals surface area contributed by atoms with Gasteiger partial charge in [-0.2, -0.15) is 5.10 Å². The molecule has 0 N–H and O–H groups in total. The van der Waals surface area contributed by atoms with Crippen LogP contribution in [0.5, 0.6) is 0 Å². The van der Waals surface area contributed by atoms with Crippen LogP contribution in [0.15, 0.2) is 17.8 Å². The standard InChI is InChI=1S/C11H12ClN3OS/c1-7(2)15-5-8(4-13-15)11-14-9(6-17-11)10(16)3-12/h4-7H,3H2,1-2H3. The minimum Gasteiger partial charge on any atom is -0.291 e. The van der Waals surface area contributed by atoms with E-state index >= 15 is 0 Å². The van der Waals surface area contributed by atoms with Crippen molar-refractivity contribution in [3.05, 3.63) is 23.5 Å². The lowest BCUT2D eigenvalue weighted by Crippen LogP contribution is -2.00. The van der Waals surface area contributed by atoms with Crippen molar-refractivity contribution in [1.82, 2.24) is 14.8 Å². The van der Waals surface area contributed by atoms with Crippen LogP contribution < -0.4 is 0 Å². The van der Waals surface area contributed by atoms with Crippen LogP contribution >= 0.6 is 22.9 Å². The smallest absolute Gasteiger partial charge is 0.196 e. The van der Waals surface area contributed by atoms with Crippen LogP contribution in [0.2, 0.25) is 0 Å². The first-order chi connectivity index (χ1) is 8.11. The van der Waals surface area contributed by atoms with Gasteiger partial charge in [0, 0.05) is 23.2 Å². The van der Waals surface area contributed by atoms with Crippen LogP contribution in [0.4, 0.5) is 0 Å². The highest BCUT2D eigenvalue weighted by Gasteiger charge is 2.12. The zero-order valence-electron chi connectivity index (χ0n) is 9.55. The van der Waals surface area contributed by atoms with Crippen molar-refractivity contribution in [2.45, 2.75) is 19.9 Å². The molecular weight excluding hydrogens is 258 g/mol. The third kappa shape index (κ3) is 2.56. The van der Waals surface area contributed by atoms with Crippen molar-refractivity contribution in [3.8, 4) is 10.6 Å². The van der Waals surface area contributed by atoms with Gasteiger partial charge in [-0.3, -0.25) is 9.48 Å². The molecule has 0 amide bonds. The highest BCUT2D eigenvalue weighted by Crippen LogP contribution is 2.24. The number of ketones is 1. The van der Waals surface area contributed by atoms with E-state index in [1.807, 2.05) is 10.9 Å². The number of thiazole rings is 1. The quantitative estimate of drug-likeness (QED) is 0.633. The molecule has 0 unspecified atom stereocenters. The predicted molar refractivity (Wildman–Crippen MR) is 68.8 cm³/mol. The molecule has 0 bridgehead atoms. The zero-order valence-corrected chi connectivity index (χ0v) is 11.1. The molecule has 0 saturated carbocycles. The fraction of sp³-hybridized carbons (Fsp3) is 0.364. The number of Topliss-reactive ketones (excluding diaryl/α,β-unsaturated/α-hetero) is 1. The Balaban J connectivity index is 2.27. The second-order valence-corrected chi connectivity index (χ2v) is 5.02. The third-order valence-electron chi connectivity index (χ3n) is 2.29. The first-order valence-corrected chi connectivity index (χ1v) is 6.62. The largest absolute Gasteiger partial charge is 0.291 e. The Kier molecular flexibility index (Phi) is 3.59. The molecule has 0 saturated heterocycles. The summed E-state index contributed by atoms with van der Waals surface area (Å²) >= 11 is 6.91. The Hall–Kier alpha value is -1.20. The van der Waals surface area contributed by atoms with Crippen LogP contribution in [0.3, 0.4) is 0 Å². The van der Waals surface area contributed by atoms with E-state index in [-0.39, 0.29) is 11.7 Å². The maximum Gasteiger partial charge on any atom is 0.196 e. The number of hydrogen-bond acceptors (Lipinski definition) is 4. The Morgan fingerprint density at radius 1 is 1.59 bits per heavy atom. The number of rotatable bonds is 4. The van der Waals surface area contributed by atoms with Crippen LogP contribution in [-0.4, -0.2) is 26.4 Å². The summed E-state index contributed by atoms with van der Waals surface area (Å²) in [6.07, 6.45) is 3.69. The molecule has 0 spiro atoms. The van der Waals surface area contributed by atoms with Crippen molar-refractivity contribution < 1.29 is 4.79 Å². The van der Waals surface area contributed by atoms with Crippen molar-refractivity contribution in [3.63, 3.8) is 0 Å². The summed E-state index contributed by atoms with van der Waals surface area (Å²) in [7, 11) is 0. The molecule has 0 radical (unpaired) electrons. The number of aromatic nitrogens is 3. The first-order valence-electron chi connectivity index (χ1n) is 5.21. The van der Waals surface area contributed by atoms with Gasteiger partial charge in [-0.05, 0) is 13.8 Å². The second kappa shape index (κ2) is 4.98. The van der Waals surface area contributed by atoms with Crippen molar-refractivity contribution in [2.24, 2.45) is 0 Å². The van der Waals surface area contributed by atoms with Gasteiger partial charge in [-0.25, -0.2) is 4.98 Å². The molecule has 2 aromatic rings. The van der Waals surface area contributed by atoms with E-state index in [1.54, 1.807) is 11.6 Å². The van der Waals surface area contributed by atoms with E-state index in [0.717, 1.165) is 10.6 Å². The number of carbonyl (C=O) groups is 1. The van der Waals surface area contributed by atoms with E-state index in [1.165, 1.54) is 11.3 Å². The minimum atomic E-state index is -0.148. The Morgan fingerprint density at radius 2 is 2.35 bits per heavy atom. The van der Waals surface area contributed by atoms with E-state index in [9.17, 15) is 4.79 Å². The summed E-state index contributed by atoms with van der Waals surface area (Å²) in [6, 6.07) is 0.313. The number of halogens is 1. The average molecular weight is 270 g/mol. The normalized spacial score (nSPS) is 11.1. The first kappa shape index (κ1) is 12.3. The number of nitrogens with zero attached hydrogens (tertiary/aromatic N) is 3. The zero-order chi connectivity index (χ0) is 12.4. The van der Waals surface area contributed by atoms with Crippen molar-refractivity contribution in [1.29, 1.82) is 0 Å². The van der Waals surface area contributed by atoms with Gasteiger partial charge in [0.25, 0.3) is 0 Å². The summed E-state index contributed by atoms with van der Waals surface area (Å²) in [5.74, 6) is -0.181. The van der Waals surface area contributed by atoms with Gasteiger partial charge >= 0.3 is 0 Å². The van der Waals surface area contributed by atoms with Gasteiger partial charge < -0.3 is 0 Å². The van der Waals surface area contributed by atoms with Gasteiger partial charge in [0.2, 0.25) is 0 Å². The van der Waals surface area contributed by atoms with Crippen LogP contribution in [-0.2, 0) is 0 Å². The highest BCUT2D eigenvalue weighted by atomic mass is 35.5. The number of alkyl halides is 1. The molecule has 0 aliphatic carbocycles. The molecule has 0 atom stereocenters. The molecular formula is C11H12ClN3OS. The molecule has 0 aliphatic heterocycles. The van der Waals surface area contributed by atoms with Crippen molar-refractivity contribution >= 4 is 28.7 Å². The van der Waals surface area contributed by atoms with Crippen LogP contribution in [0.25, 0.3) is 10.6 Å². The van der Waals surface area contributed by atoms with Gasteiger partial charge in [0.05, 0.1) is 12.1 Å². The van der Waals surface area contributed by atoms with E-state index in [2.05, 4.69) is 23.9 Å². The van der Waals surface area contributed by atoms with E-state index in [4.69, 9.17) is 11.6 Å². The summed E-state index contributed by atoms with van der Waals surface area (Å²) in [5, 5.41) is 6.76. The monoisotopic (exact) mass is 269 g/mol. The molecule has 2 aromatic heterocycles. The SMILES string of the molecule is CC(C)n1cc(-c2nc(C(=O)CCl)cs2)cn1. The minimum absolute atomic E-state index is 0.0333. The fourth-order valence-corrected chi connectivity index (χ4v) is 2.27. The highest BCUT2D eigenvalue weighted by molar-refractivity contribution is 7.13. The molecule has 90 valence electrons. The van der Waals surface area contributed by atoms with E-state index in [0.29, 0.717) is 11.7 Å². The summed E-state index contributed by atoms with van der Waals surface area (Å²) < 4.78 is 1.86. The second-order valence-electron chi connectivity index (χ2n) is 3.90. The molecule has 0 aromatic carbocycles. The number of hydrogen-bond donors (Lipinski definition) is 0. The summed E-state index contributed by atoms with van der Waals surface area (Å²) in [5.41, 5.74) is 1.36. The third-order valence-corrected chi connectivity index (χ3v) is 3.42. The van der Waals surface area contributed by atoms with Crippen molar-refractivity contribution in [2.75, 3.05) is 5.88 Å². The average Bonchev–Trinajstić information content (AvgIpc) is 2.95. The summed E-state index contributed by atoms with van der Waals surface area (Å²) in [4.78, 5) is 15.6. The molecule has 2 heterocycles. The van der Waals surface area contributed by atoms with Gasteiger partial charge in [-0.1, -0.05) is 0 Å².